The first-order valence-corrected chi connectivity index (χ1v) is 13.0. The number of hydrogen-bond acceptors (Lipinski definition) is 7. The number of imidazole rings is 1. The molecule has 2 saturated heterocycles. The number of morpholine rings is 1. The van der Waals surface area contributed by atoms with Crippen molar-refractivity contribution in [1.29, 1.82) is 0 Å². The van der Waals surface area contributed by atoms with Gasteiger partial charge in [0.2, 0.25) is 11.8 Å². The van der Waals surface area contributed by atoms with Crippen molar-refractivity contribution in [3.63, 3.8) is 0 Å². The molecule has 37 heavy (non-hydrogen) atoms. The van der Waals surface area contributed by atoms with Crippen LogP contribution in [-0.4, -0.2) is 107 Å². The van der Waals surface area contributed by atoms with E-state index in [-0.39, 0.29) is 30.7 Å². The van der Waals surface area contributed by atoms with Gasteiger partial charge in [0.15, 0.2) is 0 Å². The molecule has 0 aromatic carbocycles. The second kappa shape index (κ2) is 14.1. The van der Waals surface area contributed by atoms with E-state index >= 15 is 0 Å². The van der Waals surface area contributed by atoms with Crippen LogP contribution in [0.3, 0.4) is 0 Å². The number of H-pyrrole nitrogens is 1. The van der Waals surface area contributed by atoms with Crippen molar-refractivity contribution in [2.24, 2.45) is 17.3 Å². The maximum Gasteiger partial charge on any atom is 0.290 e. The number of carboxylic acid groups (broad SMARTS) is 2. The molecule has 1 aromatic rings. The van der Waals surface area contributed by atoms with Crippen molar-refractivity contribution < 1.29 is 34.1 Å². The summed E-state index contributed by atoms with van der Waals surface area (Å²) in [4.78, 5) is 54.9. The number of rotatable bonds is 6. The number of carbonyl (C=O) groups excluding carboxylic acids is 2. The monoisotopic (exact) mass is 521 g/mol. The first-order valence-electron chi connectivity index (χ1n) is 13.0. The van der Waals surface area contributed by atoms with Gasteiger partial charge in [-0.15, -0.1) is 0 Å². The van der Waals surface area contributed by atoms with Gasteiger partial charge in [-0.1, -0.05) is 0 Å². The zero-order valence-electron chi connectivity index (χ0n) is 21.2. The van der Waals surface area contributed by atoms with Crippen LogP contribution in [-0.2, 0) is 30.3 Å². The molecule has 1 aromatic heterocycles. The number of hydrogen-bond donors (Lipinski definition) is 4. The average Bonchev–Trinajstić information content (AvgIpc) is 3.64. The molecular weight excluding hydrogens is 482 g/mol. The number of carbonyl (C=O) groups is 4. The SMILES string of the molecule is O=C(C1CC1)N1CC[C@@H]2C[C@H](N3CCOCC3)CC[C@@]2(C(=O)NCCc2cnc[nH]2)C1.O=CO.O=CO. The minimum absolute atomic E-state index is 0.144. The van der Waals surface area contributed by atoms with Crippen LogP contribution in [0.2, 0.25) is 0 Å². The lowest BCUT2D eigenvalue weighted by atomic mass is 9.60. The van der Waals surface area contributed by atoms with Crippen molar-refractivity contribution in [3.05, 3.63) is 18.2 Å². The summed E-state index contributed by atoms with van der Waals surface area (Å²) < 4.78 is 5.54. The van der Waals surface area contributed by atoms with Crippen molar-refractivity contribution in [2.75, 3.05) is 45.9 Å². The summed E-state index contributed by atoms with van der Waals surface area (Å²) >= 11 is 0. The molecule has 4 aliphatic rings. The molecule has 0 unspecified atom stereocenters. The van der Waals surface area contributed by atoms with E-state index in [1.54, 1.807) is 12.5 Å². The molecule has 4 N–H and O–H groups in total. The highest BCUT2D eigenvalue weighted by Gasteiger charge is 2.54. The molecule has 3 atom stereocenters. The Hall–Kier alpha value is -2.99. The van der Waals surface area contributed by atoms with Crippen LogP contribution in [0.4, 0.5) is 0 Å². The molecule has 2 aliphatic carbocycles. The Morgan fingerprint density at radius 3 is 2.46 bits per heavy atom. The molecule has 4 fully saturated rings. The molecule has 0 radical (unpaired) electrons. The highest BCUT2D eigenvalue weighted by Crippen LogP contribution is 2.48. The van der Waals surface area contributed by atoms with E-state index in [0.717, 1.165) is 83.5 Å². The molecule has 2 saturated carbocycles. The van der Waals surface area contributed by atoms with Crippen LogP contribution >= 0.6 is 0 Å². The average molecular weight is 522 g/mol. The van der Waals surface area contributed by atoms with Crippen molar-refractivity contribution in [1.82, 2.24) is 25.1 Å². The number of aromatic nitrogens is 2. The Kier molecular flexibility index (Phi) is 10.9. The quantitative estimate of drug-likeness (QED) is 0.392. The third-order valence-corrected chi connectivity index (χ3v) is 7.97. The summed E-state index contributed by atoms with van der Waals surface area (Å²) in [5.41, 5.74) is 0.582. The largest absolute Gasteiger partial charge is 0.483 e. The van der Waals surface area contributed by atoms with Gasteiger partial charge in [-0.25, -0.2) is 4.98 Å². The number of ether oxygens (including phenoxy) is 1. The smallest absolute Gasteiger partial charge is 0.290 e. The summed E-state index contributed by atoms with van der Waals surface area (Å²) in [7, 11) is 0. The lowest BCUT2D eigenvalue weighted by Gasteiger charge is -2.53. The number of nitrogens with one attached hydrogen (secondary N) is 2. The summed E-state index contributed by atoms with van der Waals surface area (Å²) in [5.74, 6) is 0.968. The van der Waals surface area contributed by atoms with E-state index < -0.39 is 5.41 Å². The second-order valence-electron chi connectivity index (χ2n) is 10.0. The van der Waals surface area contributed by atoms with Crippen LogP contribution in [0.15, 0.2) is 12.5 Å². The van der Waals surface area contributed by atoms with Crippen LogP contribution in [0, 0.1) is 17.3 Å². The molecule has 206 valence electrons. The summed E-state index contributed by atoms with van der Waals surface area (Å²) in [6.07, 6.45) is 10.1. The van der Waals surface area contributed by atoms with Gasteiger partial charge in [0.25, 0.3) is 12.9 Å². The standard InChI is InChI=1S/C23H35N5O3.2CH2O2/c29-21(17-1-2-17)28-8-5-18-13-20(27-9-11-31-12-10-27)3-6-23(18,15-28)22(30)25-7-4-19-14-24-16-26-19;2*2-1-3/h14,16-18,20H,1-13,15H2,(H,24,26)(H,25,30);2*1H,(H,2,3)/t18-,20-,23-;;/m1../s1. The normalized spacial score (nSPS) is 27.3. The molecule has 2 amide bonds. The second-order valence-corrected chi connectivity index (χ2v) is 10.0. The number of likely N-dealkylation sites (tertiary alicyclic amines) is 1. The topological polar surface area (TPSA) is 165 Å². The van der Waals surface area contributed by atoms with Gasteiger partial charge in [0.05, 0.1) is 25.0 Å². The van der Waals surface area contributed by atoms with E-state index in [4.69, 9.17) is 24.5 Å². The van der Waals surface area contributed by atoms with E-state index in [9.17, 15) is 9.59 Å². The Bertz CT molecular complexity index is 867. The van der Waals surface area contributed by atoms with Crippen molar-refractivity contribution in [3.8, 4) is 0 Å². The van der Waals surface area contributed by atoms with Gasteiger partial charge in [-0.05, 0) is 44.4 Å². The minimum atomic E-state index is -0.445. The Balaban J connectivity index is 0.000000580. The number of piperidine rings is 1. The Morgan fingerprint density at radius 2 is 1.84 bits per heavy atom. The van der Waals surface area contributed by atoms with Crippen LogP contribution < -0.4 is 5.32 Å². The van der Waals surface area contributed by atoms with Gasteiger partial charge < -0.3 is 30.2 Å². The lowest BCUT2D eigenvalue weighted by molar-refractivity contribution is -0.152. The van der Waals surface area contributed by atoms with E-state index in [2.05, 4.69) is 20.2 Å². The summed E-state index contributed by atoms with van der Waals surface area (Å²) in [5, 5.41) is 17.0. The van der Waals surface area contributed by atoms with Gasteiger partial charge in [-0.3, -0.25) is 24.1 Å². The molecule has 0 bridgehead atoms. The van der Waals surface area contributed by atoms with Gasteiger partial charge in [0, 0.05) is 63.0 Å². The summed E-state index contributed by atoms with van der Waals surface area (Å²) in [6, 6.07) is 0.533. The van der Waals surface area contributed by atoms with Crippen LogP contribution in [0.5, 0.6) is 0 Å². The lowest BCUT2D eigenvalue weighted by Crippen LogP contribution is -2.61. The minimum Gasteiger partial charge on any atom is -0.483 e. The zero-order chi connectivity index (χ0) is 26.7. The molecule has 12 nitrogen and oxygen atoms in total. The Labute approximate surface area is 216 Å². The highest BCUT2D eigenvalue weighted by atomic mass is 16.5. The Morgan fingerprint density at radius 1 is 1.14 bits per heavy atom. The van der Waals surface area contributed by atoms with E-state index in [1.807, 2.05) is 4.90 Å². The summed E-state index contributed by atoms with van der Waals surface area (Å²) in [6.45, 7) is 5.10. The zero-order valence-corrected chi connectivity index (χ0v) is 21.2. The van der Waals surface area contributed by atoms with Crippen molar-refractivity contribution >= 4 is 24.8 Å². The predicted molar refractivity (Wildman–Crippen MR) is 133 cm³/mol. The third kappa shape index (κ3) is 7.51. The van der Waals surface area contributed by atoms with Gasteiger partial charge >= 0.3 is 0 Å². The fourth-order valence-corrected chi connectivity index (χ4v) is 5.96. The van der Waals surface area contributed by atoms with Crippen LogP contribution in [0.25, 0.3) is 0 Å². The molecule has 3 heterocycles. The first-order chi connectivity index (χ1) is 18.0. The number of fused-ring (bicyclic) bond motifs is 1. The van der Waals surface area contributed by atoms with Crippen molar-refractivity contribution in [2.45, 2.75) is 51.0 Å². The molecular formula is C25H39N5O7. The fourth-order valence-electron chi connectivity index (χ4n) is 5.96. The van der Waals surface area contributed by atoms with E-state index in [0.29, 0.717) is 25.0 Å². The molecule has 12 heteroatoms. The maximum absolute atomic E-state index is 13.6. The van der Waals surface area contributed by atoms with Gasteiger partial charge in [0.1, 0.15) is 0 Å². The first kappa shape index (κ1) is 28.6. The maximum atomic E-state index is 13.6. The number of amides is 2. The molecule has 0 spiro atoms. The predicted octanol–water partition coefficient (Wildman–Crippen LogP) is 0.600. The number of nitrogens with zero attached hydrogens (tertiary/aromatic N) is 3. The number of aromatic amines is 1. The highest BCUT2D eigenvalue weighted by molar-refractivity contribution is 5.86. The third-order valence-electron chi connectivity index (χ3n) is 7.97. The van der Waals surface area contributed by atoms with E-state index in [1.165, 1.54) is 0 Å². The fraction of sp³-hybridized carbons (Fsp3) is 0.720. The van der Waals surface area contributed by atoms with Gasteiger partial charge in [-0.2, -0.15) is 0 Å². The van der Waals surface area contributed by atoms with Crippen LogP contribution in [0.1, 0.15) is 44.2 Å². The molecule has 2 aliphatic heterocycles. The molecule has 5 rings (SSSR count).